The van der Waals surface area contributed by atoms with Crippen LogP contribution in [0.25, 0.3) is 0 Å². The first-order valence-corrected chi connectivity index (χ1v) is 10.6. The quantitative estimate of drug-likeness (QED) is 0.588. The van der Waals surface area contributed by atoms with Crippen LogP contribution >= 0.6 is 0 Å². The second-order valence-electron chi connectivity index (χ2n) is 8.03. The monoisotopic (exact) mass is 407 g/mol. The van der Waals surface area contributed by atoms with Gasteiger partial charge >= 0.3 is 5.69 Å². The van der Waals surface area contributed by atoms with E-state index in [9.17, 15) is 14.9 Å². The van der Waals surface area contributed by atoms with E-state index < -0.39 is 10.8 Å². The fraction of sp³-hybridized carbons (Fsp3) is 0.789. The predicted octanol–water partition coefficient (Wildman–Crippen LogP) is 2.21. The van der Waals surface area contributed by atoms with Gasteiger partial charge in [0, 0.05) is 32.3 Å². The van der Waals surface area contributed by atoms with Crippen molar-refractivity contribution in [3.63, 3.8) is 0 Å². The summed E-state index contributed by atoms with van der Waals surface area (Å²) >= 11 is 0. The van der Waals surface area contributed by atoms with Gasteiger partial charge in [0.25, 0.3) is 5.91 Å². The molecule has 10 heteroatoms. The number of piperidine rings is 1. The van der Waals surface area contributed by atoms with E-state index in [0.717, 1.165) is 64.6 Å². The zero-order valence-electron chi connectivity index (χ0n) is 16.6. The molecular weight excluding hydrogens is 378 g/mol. The number of hydrogen-bond donors (Lipinski definition) is 1. The van der Waals surface area contributed by atoms with Crippen LogP contribution in [0.2, 0.25) is 0 Å². The molecule has 3 aliphatic heterocycles. The van der Waals surface area contributed by atoms with Crippen LogP contribution in [0.1, 0.15) is 68.1 Å². The number of aromatic nitrogens is 2. The molecule has 4 rings (SSSR count). The highest BCUT2D eigenvalue weighted by atomic mass is 16.6. The summed E-state index contributed by atoms with van der Waals surface area (Å²) in [6, 6.07) is -0.0157. The Morgan fingerprint density at radius 1 is 1.07 bits per heavy atom. The van der Waals surface area contributed by atoms with Crippen LogP contribution < -0.4 is 5.32 Å². The van der Waals surface area contributed by atoms with Gasteiger partial charge in [0.05, 0.1) is 4.92 Å². The molecule has 0 aromatic carbocycles. The lowest BCUT2D eigenvalue weighted by atomic mass is 10.0. The third-order valence-corrected chi connectivity index (χ3v) is 6.00. The first kappa shape index (κ1) is 20.2. The van der Waals surface area contributed by atoms with E-state index in [1.807, 2.05) is 0 Å². The lowest BCUT2D eigenvalue weighted by Gasteiger charge is -2.39. The Balaban J connectivity index is 1.36. The van der Waals surface area contributed by atoms with E-state index in [4.69, 9.17) is 9.47 Å². The number of nitrogens with zero attached hydrogens (tertiary/aromatic N) is 4. The lowest BCUT2D eigenvalue weighted by Crippen LogP contribution is -2.49. The van der Waals surface area contributed by atoms with Crippen LogP contribution in [0.15, 0.2) is 6.20 Å². The van der Waals surface area contributed by atoms with Gasteiger partial charge in [0.15, 0.2) is 0 Å². The van der Waals surface area contributed by atoms with Crippen LogP contribution in [0.4, 0.5) is 5.69 Å². The van der Waals surface area contributed by atoms with E-state index in [1.54, 1.807) is 0 Å². The van der Waals surface area contributed by atoms with Gasteiger partial charge in [0.2, 0.25) is 5.69 Å². The molecule has 2 atom stereocenters. The summed E-state index contributed by atoms with van der Waals surface area (Å²) in [6.45, 7) is 3.12. The third-order valence-electron chi connectivity index (χ3n) is 6.00. The SMILES string of the molecule is O=C(NC1CCN([C@H]2CCCCO2)CC1)c1nn([C@@H]2CCCCO2)cc1[N+](=O)[O-]. The van der Waals surface area contributed by atoms with E-state index in [0.29, 0.717) is 6.61 Å². The van der Waals surface area contributed by atoms with Crippen molar-refractivity contribution in [1.82, 2.24) is 20.0 Å². The molecule has 160 valence electrons. The molecule has 4 heterocycles. The molecule has 1 amide bonds. The van der Waals surface area contributed by atoms with Crippen LogP contribution in [0.5, 0.6) is 0 Å². The Labute approximate surface area is 169 Å². The summed E-state index contributed by atoms with van der Waals surface area (Å²) in [4.78, 5) is 26.0. The predicted molar refractivity (Wildman–Crippen MR) is 103 cm³/mol. The van der Waals surface area contributed by atoms with E-state index in [-0.39, 0.29) is 29.9 Å². The number of ether oxygens (including phenoxy) is 2. The summed E-state index contributed by atoms with van der Waals surface area (Å²) in [5, 5.41) is 18.6. The Morgan fingerprint density at radius 3 is 2.31 bits per heavy atom. The number of carbonyl (C=O) groups excluding carboxylic acids is 1. The molecule has 10 nitrogen and oxygen atoms in total. The summed E-state index contributed by atoms with van der Waals surface area (Å²) in [7, 11) is 0. The molecular formula is C19H29N5O5. The minimum atomic E-state index is -0.551. The zero-order chi connectivity index (χ0) is 20.2. The van der Waals surface area contributed by atoms with Gasteiger partial charge in [-0.3, -0.25) is 19.8 Å². The maximum absolute atomic E-state index is 12.7. The fourth-order valence-corrected chi connectivity index (χ4v) is 4.35. The van der Waals surface area contributed by atoms with Crippen LogP contribution in [0.3, 0.4) is 0 Å². The molecule has 3 saturated heterocycles. The third kappa shape index (κ3) is 4.76. The Morgan fingerprint density at radius 2 is 1.72 bits per heavy atom. The molecule has 0 bridgehead atoms. The summed E-state index contributed by atoms with van der Waals surface area (Å²) in [5.74, 6) is -0.487. The van der Waals surface area contributed by atoms with E-state index >= 15 is 0 Å². The Kier molecular flexibility index (Phi) is 6.41. The van der Waals surface area contributed by atoms with Crippen molar-refractivity contribution in [3.05, 3.63) is 22.0 Å². The molecule has 1 N–H and O–H groups in total. The second-order valence-corrected chi connectivity index (χ2v) is 8.03. The molecule has 0 spiro atoms. The van der Waals surface area contributed by atoms with Crippen molar-refractivity contribution in [2.75, 3.05) is 26.3 Å². The molecule has 0 aliphatic carbocycles. The highest BCUT2D eigenvalue weighted by molar-refractivity contribution is 5.96. The van der Waals surface area contributed by atoms with Crippen LogP contribution in [-0.4, -0.2) is 64.1 Å². The smallest absolute Gasteiger partial charge is 0.320 e. The standard InChI is InChI=1S/C19H29N5O5/c25-19(20-14-7-9-22(10-8-14)16-5-1-3-11-28-16)18-15(24(26)27)13-23(21-18)17-6-2-4-12-29-17/h13-14,16-17H,1-12H2,(H,20,25)/t16-,17+/m1/s1. The highest BCUT2D eigenvalue weighted by Gasteiger charge is 2.32. The average molecular weight is 407 g/mol. The van der Waals surface area contributed by atoms with Crippen molar-refractivity contribution in [3.8, 4) is 0 Å². The number of rotatable bonds is 5. The first-order chi connectivity index (χ1) is 14.1. The second kappa shape index (κ2) is 9.19. The van der Waals surface area contributed by atoms with Crippen molar-refractivity contribution in [2.24, 2.45) is 0 Å². The minimum absolute atomic E-state index is 0.0157. The Hall–Kier alpha value is -2.04. The molecule has 0 radical (unpaired) electrons. The maximum Gasteiger partial charge on any atom is 0.320 e. The summed E-state index contributed by atoms with van der Waals surface area (Å²) < 4.78 is 12.9. The zero-order valence-corrected chi connectivity index (χ0v) is 16.6. The van der Waals surface area contributed by atoms with Gasteiger partial charge in [-0.05, 0) is 51.4 Å². The largest absolute Gasteiger partial charge is 0.363 e. The molecule has 0 unspecified atom stereocenters. The van der Waals surface area contributed by atoms with Gasteiger partial charge in [-0.15, -0.1) is 0 Å². The van der Waals surface area contributed by atoms with Crippen molar-refractivity contribution < 1.29 is 19.2 Å². The van der Waals surface area contributed by atoms with Gasteiger partial charge in [-0.1, -0.05) is 0 Å². The number of carbonyl (C=O) groups is 1. The molecule has 3 aliphatic rings. The number of nitro groups is 1. The van der Waals surface area contributed by atoms with Gasteiger partial charge in [-0.25, -0.2) is 4.68 Å². The van der Waals surface area contributed by atoms with Crippen molar-refractivity contribution >= 4 is 11.6 Å². The van der Waals surface area contributed by atoms with Gasteiger partial charge in [-0.2, -0.15) is 5.10 Å². The molecule has 1 aromatic rings. The Bertz CT molecular complexity index is 719. The van der Waals surface area contributed by atoms with Gasteiger partial charge in [0.1, 0.15) is 18.7 Å². The minimum Gasteiger partial charge on any atom is -0.363 e. The van der Waals surface area contributed by atoms with Gasteiger partial charge < -0.3 is 14.8 Å². The maximum atomic E-state index is 12.7. The van der Waals surface area contributed by atoms with Crippen molar-refractivity contribution in [2.45, 2.75) is 69.9 Å². The van der Waals surface area contributed by atoms with Crippen molar-refractivity contribution in [1.29, 1.82) is 0 Å². The lowest BCUT2D eigenvalue weighted by molar-refractivity contribution is -0.385. The molecule has 0 saturated carbocycles. The topological polar surface area (TPSA) is 112 Å². The molecule has 3 fully saturated rings. The average Bonchev–Trinajstić information content (AvgIpc) is 3.22. The number of amides is 1. The summed E-state index contributed by atoms with van der Waals surface area (Å²) in [5.41, 5.74) is -0.410. The summed E-state index contributed by atoms with van der Waals surface area (Å²) in [6.07, 6.45) is 8.81. The molecule has 29 heavy (non-hydrogen) atoms. The fourth-order valence-electron chi connectivity index (χ4n) is 4.35. The highest BCUT2D eigenvalue weighted by Crippen LogP contribution is 2.26. The van der Waals surface area contributed by atoms with E-state index in [1.165, 1.54) is 17.3 Å². The first-order valence-electron chi connectivity index (χ1n) is 10.6. The normalized spacial score (nSPS) is 26.9. The number of likely N-dealkylation sites (tertiary alicyclic amines) is 1. The van der Waals surface area contributed by atoms with E-state index in [2.05, 4.69) is 15.3 Å². The molecule has 1 aromatic heterocycles. The number of hydrogen-bond acceptors (Lipinski definition) is 7. The number of nitrogens with one attached hydrogen (secondary N) is 1. The van der Waals surface area contributed by atoms with Crippen LogP contribution in [-0.2, 0) is 9.47 Å². The van der Waals surface area contributed by atoms with Crippen LogP contribution in [0, 0.1) is 10.1 Å².